The highest BCUT2D eigenvalue weighted by Gasteiger charge is 2.56. The number of hydrogen-bond acceptors (Lipinski definition) is 5. The summed E-state index contributed by atoms with van der Waals surface area (Å²) < 4.78 is 10.9. The standard InChI is InChI=1S/C25H32N2O5/c28-22(32-9-8-31-20-4-2-1-3-5-20)13-21-23(29)26-6-7-27(21)24(30)25-14-17-10-18(15-25)12-19(11-17)16-25/h1-5,17-19,21H,6-16H2,(H,26,29). The Bertz CT molecular complexity index is 835. The summed E-state index contributed by atoms with van der Waals surface area (Å²) in [6.07, 6.45) is 6.50. The molecule has 32 heavy (non-hydrogen) atoms. The number of benzene rings is 1. The average molecular weight is 441 g/mol. The first kappa shape index (κ1) is 21.3. The Morgan fingerprint density at radius 2 is 1.66 bits per heavy atom. The van der Waals surface area contributed by atoms with Crippen molar-refractivity contribution in [2.75, 3.05) is 26.3 Å². The van der Waals surface area contributed by atoms with Gasteiger partial charge in [0, 0.05) is 13.1 Å². The second-order valence-corrected chi connectivity index (χ2v) is 10.1. The number of piperazine rings is 1. The van der Waals surface area contributed by atoms with Gasteiger partial charge in [0.15, 0.2) is 0 Å². The van der Waals surface area contributed by atoms with E-state index in [4.69, 9.17) is 9.47 Å². The summed E-state index contributed by atoms with van der Waals surface area (Å²) in [5.74, 6) is 2.02. The summed E-state index contributed by atoms with van der Waals surface area (Å²) in [6, 6.07) is 8.53. The van der Waals surface area contributed by atoms with Gasteiger partial charge < -0.3 is 19.7 Å². The highest BCUT2D eigenvalue weighted by molar-refractivity contribution is 5.93. The van der Waals surface area contributed by atoms with Crippen LogP contribution in [0.5, 0.6) is 5.75 Å². The average Bonchev–Trinajstić information content (AvgIpc) is 2.77. The molecule has 0 aromatic heterocycles. The zero-order chi connectivity index (χ0) is 22.1. The van der Waals surface area contributed by atoms with Crippen LogP contribution >= 0.6 is 0 Å². The summed E-state index contributed by atoms with van der Waals surface area (Å²) in [5, 5.41) is 2.82. The minimum absolute atomic E-state index is 0.0941. The van der Waals surface area contributed by atoms with Crippen molar-refractivity contribution in [3.05, 3.63) is 30.3 Å². The molecule has 172 valence electrons. The fourth-order valence-electron chi connectivity index (χ4n) is 6.89. The fraction of sp³-hybridized carbons (Fsp3) is 0.640. The number of esters is 1. The van der Waals surface area contributed by atoms with E-state index in [0.29, 0.717) is 36.6 Å². The third-order valence-electron chi connectivity index (χ3n) is 7.80. The van der Waals surface area contributed by atoms with Crippen molar-refractivity contribution < 1.29 is 23.9 Å². The topological polar surface area (TPSA) is 84.9 Å². The van der Waals surface area contributed by atoms with Crippen LogP contribution in [-0.4, -0.2) is 55.0 Å². The minimum atomic E-state index is -0.785. The van der Waals surface area contributed by atoms with Crippen molar-refractivity contribution >= 4 is 17.8 Å². The van der Waals surface area contributed by atoms with Gasteiger partial charge in [-0.1, -0.05) is 18.2 Å². The molecule has 2 amide bonds. The van der Waals surface area contributed by atoms with E-state index < -0.39 is 12.0 Å². The Balaban J connectivity index is 1.19. The van der Waals surface area contributed by atoms with Crippen LogP contribution in [0.3, 0.4) is 0 Å². The van der Waals surface area contributed by atoms with E-state index in [1.165, 1.54) is 19.3 Å². The van der Waals surface area contributed by atoms with E-state index in [1.54, 1.807) is 4.90 Å². The van der Waals surface area contributed by atoms with Crippen LogP contribution in [-0.2, 0) is 19.1 Å². The van der Waals surface area contributed by atoms with Crippen LogP contribution in [0.4, 0.5) is 0 Å². The van der Waals surface area contributed by atoms with Gasteiger partial charge in [0.25, 0.3) is 0 Å². The number of nitrogens with zero attached hydrogens (tertiary/aromatic N) is 1. The monoisotopic (exact) mass is 440 g/mol. The van der Waals surface area contributed by atoms with Gasteiger partial charge in [-0.3, -0.25) is 14.4 Å². The maximum absolute atomic E-state index is 13.8. The van der Waals surface area contributed by atoms with Crippen molar-refractivity contribution in [3.63, 3.8) is 0 Å². The van der Waals surface area contributed by atoms with Gasteiger partial charge in [-0.2, -0.15) is 0 Å². The molecule has 5 aliphatic rings. The van der Waals surface area contributed by atoms with Crippen molar-refractivity contribution in [1.82, 2.24) is 10.2 Å². The molecule has 1 aromatic carbocycles. The number of carbonyl (C=O) groups is 3. The molecule has 7 heteroatoms. The largest absolute Gasteiger partial charge is 0.490 e. The van der Waals surface area contributed by atoms with Crippen molar-refractivity contribution in [3.8, 4) is 5.75 Å². The lowest BCUT2D eigenvalue weighted by atomic mass is 9.49. The molecule has 6 rings (SSSR count). The van der Waals surface area contributed by atoms with Crippen molar-refractivity contribution in [2.24, 2.45) is 23.2 Å². The molecule has 4 saturated carbocycles. The number of ether oxygens (including phenoxy) is 2. The van der Waals surface area contributed by atoms with Crippen LogP contribution in [0.15, 0.2) is 30.3 Å². The lowest BCUT2D eigenvalue weighted by Gasteiger charge is -2.57. The van der Waals surface area contributed by atoms with Gasteiger partial charge in [0.2, 0.25) is 11.8 Å². The molecule has 7 nitrogen and oxygen atoms in total. The van der Waals surface area contributed by atoms with E-state index >= 15 is 0 Å². The maximum Gasteiger partial charge on any atom is 0.308 e. The van der Waals surface area contributed by atoms with Gasteiger partial charge in [0.05, 0.1) is 11.8 Å². The zero-order valence-corrected chi connectivity index (χ0v) is 18.5. The second kappa shape index (κ2) is 8.75. The Kier molecular flexibility index (Phi) is 5.82. The Labute approximate surface area is 188 Å². The molecule has 0 radical (unpaired) electrons. The highest BCUT2D eigenvalue weighted by atomic mass is 16.6. The molecule has 1 aliphatic heterocycles. The summed E-state index contributed by atoms with van der Waals surface area (Å²) in [6.45, 7) is 1.24. The molecule has 1 aromatic rings. The van der Waals surface area contributed by atoms with Gasteiger partial charge in [0.1, 0.15) is 25.0 Å². The van der Waals surface area contributed by atoms with Crippen LogP contribution in [0.25, 0.3) is 0 Å². The summed E-state index contributed by atoms with van der Waals surface area (Å²) >= 11 is 0. The first-order valence-corrected chi connectivity index (χ1v) is 11.9. The predicted octanol–water partition coefficient (Wildman–Crippen LogP) is 2.54. The van der Waals surface area contributed by atoms with Crippen LogP contribution in [0.2, 0.25) is 0 Å². The molecule has 0 spiro atoms. The van der Waals surface area contributed by atoms with Gasteiger partial charge in [-0.15, -0.1) is 0 Å². The van der Waals surface area contributed by atoms with Crippen LogP contribution < -0.4 is 10.1 Å². The number of hydrogen-bond donors (Lipinski definition) is 1. The quantitative estimate of drug-likeness (QED) is 0.520. The number of para-hydroxylation sites is 1. The van der Waals surface area contributed by atoms with Crippen molar-refractivity contribution in [1.29, 1.82) is 0 Å². The summed E-state index contributed by atoms with van der Waals surface area (Å²) in [5.41, 5.74) is -0.321. The summed E-state index contributed by atoms with van der Waals surface area (Å²) in [4.78, 5) is 40.6. The fourth-order valence-corrected chi connectivity index (χ4v) is 6.89. The third kappa shape index (κ3) is 4.21. The molecule has 4 bridgehead atoms. The zero-order valence-electron chi connectivity index (χ0n) is 18.5. The molecule has 1 N–H and O–H groups in total. The molecule has 5 fully saturated rings. The Morgan fingerprint density at radius 3 is 2.31 bits per heavy atom. The molecule has 1 unspecified atom stereocenters. The van der Waals surface area contributed by atoms with E-state index in [-0.39, 0.29) is 36.9 Å². The molecule has 1 heterocycles. The number of carbonyl (C=O) groups excluding carboxylic acids is 3. The molecule has 1 saturated heterocycles. The first-order valence-electron chi connectivity index (χ1n) is 11.9. The smallest absolute Gasteiger partial charge is 0.308 e. The molecule has 1 atom stereocenters. The van der Waals surface area contributed by atoms with E-state index in [2.05, 4.69) is 5.32 Å². The van der Waals surface area contributed by atoms with Gasteiger partial charge >= 0.3 is 5.97 Å². The van der Waals surface area contributed by atoms with Crippen molar-refractivity contribution in [2.45, 2.75) is 51.0 Å². The normalized spacial score (nSPS) is 33.0. The maximum atomic E-state index is 13.8. The summed E-state index contributed by atoms with van der Waals surface area (Å²) in [7, 11) is 0. The molecular weight excluding hydrogens is 408 g/mol. The van der Waals surface area contributed by atoms with E-state index in [0.717, 1.165) is 19.3 Å². The first-order chi connectivity index (χ1) is 15.5. The van der Waals surface area contributed by atoms with E-state index in [9.17, 15) is 14.4 Å². The van der Waals surface area contributed by atoms with Crippen LogP contribution in [0.1, 0.15) is 44.9 Å². The number of amides is 2. The lowest BCUT2D eigenvalue weighted by molar-refractivity contribution is -0.166. The van der Waals surface area contributed by atoms with Crippen LogP contribution in [0, 0.1) is 23.2 Å². The Morgan fingerprint density at radius 1 is 1.00 bits per heavy atom. The lowest BCUT2D eigenvalue weighted by Crippen LogP contribution is -2.63. The highest BCUT2D eigenvalue weighted by Crippen LogP contribution is 2.60. The second-order valence-electron chi connectivity index (χ2n) is 10.1. The van der Waals surface area contributed by atoms with Gasteiger partial charge in [-0.05, 0) is 68.4 Å². The number of nitrogens with one attached hydrogen (secondary N) is 1. The SMILES string of the molecule is O=C(CC1C(=O)NCCN1C(=O)C12CC3CC(CC(C3)C1)C2)OCCOc1ccccc1. The van der Waals surface area contributed by atoms with E-state index in [1.807, 2.05) is 30.3 Å². The molecule has 4 aliphatic carbocycles. The number of rotatable bonds is 7. The van der Waals surface area contributed by atoms with Gasteiger partial charge in [-0.25, -0.2) is 0 Å². The predicted molar refractivity (Wildman–Crippen MR) is 117 cm³/mol. The third-order valence-corrected chi connectivity index (χ3v) is 7.80. The Hall–Kier alpha value is -2.57. The minimum Gasteiger partial charge on any atom is -0.490 e. The molecular formula is C25H32N2O5.